The second kappa shape index (κ2) is 6.61. The zero-order valence-electron chi connectivity index (χ0n) is 13.5. The quantitative estimate of drug-likeness (QED) is 0.840. The van der Waals surface area contributed by atoms with Crippen molar-refractivity contribution < 1.29 is 13.2 Å². The molecular weight excluding hydrogens is 312 g/mol. The van der Waals surface area contributed by atoms with Gasteiger partial charge in [-0.25, -0.2) is 12.7 Å². The molecule has 0 bridgehead atoms. The van der Waals surface area contributed by atoms with Gasteiger partial charge in [-0.1, -0.05) is 37.3 Å². The van der Waals surface area contributed by atoms with E-state index in [-0.39, 0.29) is 17.1 Å². The molecule has 2 saturated heterocycles. The van der Waals surface area contributed by atoms with Crippen molar-refractivity contribution in [2.75, 3.05) is 26.2 Å². The van der Waals surface area contributed by atoms with Crippen molar-refractivity contribution in [2.24, 2.45) is 5.92 Å². The molecule has 0 saturated carbocycles. The number of nitrogens with zero attached hydrogens (tertiary/aromatic N) is 2. The van der Waals surface area contributed by atoms with Gasteiger partial charge >= 0.3 is 0 Å². The molecular formula is C17H24N2O3S. The maximum Gasteiger partial charge on any atom is 0.226 e. The second-order valence-electron chi connectivity index (χ2n) is 6.41. The molecule has 2 fully saturated rings. The maximum atomic E-state index is 12.5. The van der Waals surface area contributed by atoms with Crippen LogP contribution in [-0.4, -0.2) is 55.0 Å². The number of fused-ring (bicyclic) bond motifs is 1. The maximum absolute atomic E-state index is 12.5. The molecule has 3 rings (SSSR count). The predicted octanol–water partition coefficient (Wildman–Crippen LogP) is 1.50. The fourth-order valence-corrected chi connectivity index (χ4v) is 5.99. The molecule has 0 spiro atoms. The largest absolute Gasteiger partial charge is 0.342 e. The lowest BCUT2D eigenvalue weighted by atomic mass is 10.0. The molecule has 0 aliphatic carbocycles. The lowest BCUT2D eigenvalue weighted by Gasteiger charge is -2.22. The molecule has 126 valence electrons. The lowest BCUT2D eigenvalue weighted by Crippen LogP contribution is -2.35. The van der Waals surface area contributed by atoms with Gasteiger partial charge in [-0.05, 0) is 24.3 Å². The van der Waals surface area contributed by atoms with E-state index in [9.17, 15) is 13.2 Å². The van der Waals surface area contributed by atoms with Crippen LogP contribution in [0.1, 0.15) is 25.3 Å². The molecule has 0 N–H and O–H groups in total. The van der Waals surface area contributed by atoms with Gasteiger partial charge in [0.25, 0.3) is 0 Å². The van der Waals surface area contributed by atoms with E-state index < -0.39 is 10.0 Å². The molecule has 5 nitrogen and oxygen atoms in total. The van der Waals surface area contributed by atoms with Crippen LogP contribution < -0.4 is 0 Å². The SMILES string of the molecule is CCN1C[C@H]2CCN(C(=O)Cc3ccccc3)CC[C@H]2S1(=O)=O. The van der Waals surface area contributed by atoms with Crippen LogP contribution in [0.15, 0.2) is 30.3 Å². The minimum absolute atomic E-state index is 0.0981. The highest BCUT2D eigenvalue weighted by atomic mass is 32.2. The smallest absolute Gasteiger partial charge is 0.226 e. The first kappa shape index (κ1) is 16.5. The Balaban J connectivity index is 1.65. The lowest BCUT2D eigenvalue weighted by molar-refractivity contribution is -0.130. The summed E-state index contributed by atoms with van der Waals surface area (Å²) in [6.07, 6.45) is 1.73. The van der Waals surface area contributed by atoms with Gasteiger partial charge in [0.1, 0.15) is 0 Å². The van der Waals surface area contributed by atoms with Crippen molar-refractivity contribution in [3.63, 3.8) is 0 Å². The van der Waals surface area contributed by atoms with Crippen molar-refractivity contribution in [3.8, 4) is 0 Å². The molecule has 0 radical (unpaired) electrons. The third-order valence-corrected chi connectivity index (χ3v) is 7.58. The summed E-state index contributed by atoms with van der Waals surface area (Å²) < 4.78 is 26.6. The summed E-state index contributed by atoms with van der Waals surface area (Å²) in [5.74, 6) is 0.260. The zero-order chi connectivity index (χ0) is 16.4. The number of amides is 1. The van der Waals surface area contributed by atoms with Crippen molar-refractivity contribution >= 4 is 15.9 Å². The normalized spacial score (nSPS) is 27.4. The number of carbonyl (C=O) groups is 1. The minimum atomic E-state index is -3.17. The highest BCUT2D eigenvalue weighted by molar-refractivity contribution is 7.90. The second-order valence-corrected chi connectivity index (χ2v) is 8.57. The standard InChI is InChI=1S/C17H24N2O3S/c1-2-19-13-15-8-10-18(11-9-16(15)23(19,21)22)17(20)12-14-6-4-3-5-7-14/h3-7,15-16H,2,8-13H2,1H3/t15-,16-/m1/s1. The minimum Gasteiger partial charge on any atom is -0.342 e. The third kappa shape index (κ3) is 3.28. The molecule has 6 heteroatoms. The van der Waals surface area contributed by atoms with Crippen molar-refractivity contribution in [1.29, 1.82) is 0 Å². The number of carbonyl (C=O) groups excluding carboxylic acids is 1. The molecule has 2 atom stereocenters. The Hall–Kier alpha value is -1.40. The topological polar surface area (TPSA) is 57.7 Å². The van der Waals surface area contributed by atoms with Crippen LogP contribution in [0.5, 0.6) is 0 Å². The first-order valence-corrected chi connectivity index (χ1v) is 9.83. The van der Waals surface area contributed by atoms with E-state index in [0.29, 0.717) is 39.0 Å². The number of hydrogen-bond donors (Lipinski definition) is 0. The average Bonchev–Trinajstić information content (AvgIpc) is 2.68. The monoisotopic (exact) mass is 336 g/mol. The highest BCUT2D eigenvalue weighted by Gasteiger charge is 2.46. The van der Waals surface area contributed by atoms with E-state index in [1.807, 2.05) is 42.2 Å². The van der Waals surface area contributed by atoms with E-state index in [2.05, 4.69) is 0 Å². The van der Waals surface area contributed by atoms with E-state index >= 15 is 0 Å². The van der Waals surface area contributed by atoms with Crippen molar-refractivity contribution in [1.82, 2.24) is 9.21 Å². The number of rotatable bonds is 3. The van der Waals surface area contributed by atoms with Gasteiger partial charge in [0.2, 0.25) is 15.9 Å². The van der Waals surface area contributed by atoms with Crippen LogP contribution in [0.4, 0.5) is 0 Å². The molecule has 1 aromatic rings. The van der Waals surface area contributed by atoms with Gasteiger partial charge in [0, 0.05) is 26.2 Å². The van der Waals surface area contributed by atoms with E-state index in [1.165, 1.54) is 0 Å². The van der Waals surface area contributed by atoms with Gasteiger partial charge in [0.15, 0.2) is 0 Å². The summed E-state index contributed by atoms with van der Waals surface area (Å²) >= 11 is 0. The number of likely N-dealkylation sites (tertiary alicyclic amines) is 1. The van der Waals surface area contributed by atoms with Crippen molar-refractivity contribution in [2.45, 2.75) is 31.4 Å². The molecule has 2 aliphatic heterocycles. The highest BCUT2D eigenvalue weighted by Crippen LogP contribution is 2.34. The summed E-state index contributed by atoms with van der Waals surface area (Å²) in [4.78, 5) is 14.3. The number of hydrogen-bond acceptors (Lipinski definition) is 3. The van der Waals surface area contributed by atoms with Crippen LogP contribution in [0.2, 0.25) is 0 Å². The average molecular weight is 336 g/mol. The number of sulfonamides is 1. The van der Waals surface area contributed by atoms with Crippen LogP contribution in [0.25, 0.3) is 0 Å². The van der Waals surface area contributed by atoms with Gasteiger partial charge < -0.3 is 4.90 Å². The summed E-state index contributed by atoms with van der Waals surface area (Å²) in [7, 11) is -3.17. The summed E-state index contributed by atoms with van der Waals surface area (Å²) in [6.45, 7) is 4.26. The van der Waals surface area contributed by atoms with Gasteiger partial charge in [-0.15, -0.1) is 0 Å². The van der Waals surface area contributed by atoms with Crippen molar-refractivity contribution in [3.05, 3.63) is 35.9 Å². The van der Waals surface area contributed by atoms with E-state index in [4.69, 9.17) is 0 Å². The predicted molar refractivity (Wildman–Crippen MR) is 89.4 cm³/mol. The summed E-state index contributed by atoms with van der Waals surface area (Å²) in [5, 5.41) is -0.308. The van der Waals surface area contributed by atoms with Crippen LogP contribution in [0, 0.1) is 5.92 Å². The Morgan fingerprint density at radius 1 is 1.17 bits per heavy atom. The Morgan fingerprint density at radius 2 is 1.87 bits per heavy atom. The van der Waals surface area contributed by atoms with Crippen LogP contribution in [-0.2, 0) is 21.2 Å². The van der Waals surface area contributed by atoms with E-state index in [1.54, 1.807) is 4.31 Å². The Bertz CT molecular complexity index is 660. The first-order valence-electron chi connectivity index (χ1n) is 8.33. The molecule has 1 aromatic carbocycles. The fourth-order valence-electron chi connectivity index (χ4n) is 3.74. The third-order valence-electron chi connectivity index (χ3n) is 5.06. The Labute approximate surface area is 138 Å². The molecule has 23 heavy (non-hydrogen) atoms. The molecule has 1 amide bonds. The first-order chi connectivity index (χ1) is 11.0. The molecule has 0 unspecified atom stereocenters. The molecule has 2 aliphatic rings. The van der Waals surface area contributed by atoms with Crippen LogP contribution >= 0.6 is 0 Å². The summed E-state index contributed by atoms with van der Waals surface area (Å²) in [6, 6.07) is 9.70. The van der Waals surface area contributed by atoms with Crippen LogP contribution in [0.3, 0.4) is 0 Å². The van der Waals surface area contributed by atoms with Gasteiger partial charge in [-0.2, -0.15) is 0 Å². The summed E-state index contributed by atoms with van der Waals surface area (Å²) in [5.41, 5.74) is 1.01. The van der Waals surface area contributed by atoms with E-state index in [0.717, 1.165) is 12.0 Å². The Kier molecular flexibility index (Phi) is 4.73. The van der Waals surface area contributed by atoms with Gasteiger partial charge in [0.05, 0.1) is 11.7 Å². The van der Waals surface area contributed by atoms with Gasteiger partial charge in [-0.3, -0.25) is 4.79 Å². The Morgan fingerprint density at radius 3 is 2.57 bits per heavy atom. The molecule has 0 aromatic heterocycles. The fraction of sp³-hybridized carbons (Fsp3) is 0.588. The molecule has 2 heterocycles. The zero-order valence-corrected chi connectivity index (χ0v) is 14.3. The number of benzene rings is 1.